The minimum atomic E-state index is -4.29. The van der Waals surface area contributed by atoms with E-state index in [2.05, 4.69) is 10.3 Å². The highest BCUT2D eigenvalue weighted by molar-refractivity contribution is 7.87. The van der Waals surface area contributed by atoms with E-state index in [-0.39, 0.29) is 21.9 Å². The molecule has 3 aromatic carbocycles. The third kappa shape index (κ3) is 4.42. The number of fused-ring (bicyclic) bond motifs is 1. The lowest BCUT2D eigenvalue weighted by molar-refractivity contribution is -0.385. The third-order valence-corrected chi connectivity index (χ3v) is 5.64. The molecule has 32 heavy (non-hydrogen) atoms. The monoisotopic (exact) mass is 453 g/mol. The predicted octanol–water partition coefficient (Wildman–Crippen LogP) is 4.06. The first kappa shape index (κ1) is 21.0. The number of anilines is 1. The highest BCUT2D eigenvalue weighted by Crippen LogP contribution is 2.23. The van der Waals surface area contributed by atoms with Gasteiger partial charge in [0.05, 0.1) is 4.92 Å². The number of nitro groups is 1. The number of aryl methyl sites for hydroxylation is 1. The van der Waals surface area contributed by atoms with E-state index in [1.165, 1.54) is 42.5 Å². The van der Waals surface area contributed by atoms with Gasteiger partial charge in [-0.25, -0.2) is 4.98 Å². The lowest BCUT2D eigenvalue weighted by Gasteiger charge is -2.08. The van der Waals surface area contributed by atoms with E-state index in [1.807, 2.05) is 0 Å². The van der Waals surface area contributed by atoms with Crippen molar-refractivity contribution >= 4 is 38.5 Å². The molecule has 1 amide bonds. The Bertz CT molecular complexity index is 1440. The van der Waals surface area contributed by atoms with E-state index >= 15 is 0 Å². The van der Waals surface area contributed by atoms with Crippen LogP contribution in [0, 0.1) is 17.0 Å². The number of aromatic nitrogens is 1. The van der Waals surface area contributed by atoms with E-state index in [0.717, 1.165) is 6.07 Å². The summed E-state index contributed by atoms with van der Waals surface area (Å²) in [6, 6.07) is 15.0. The second-order valence-corrected chi connectivity index (χ2v) is 8.23. The van der Waals surface area contributed by atoms with Crippen LogP contribution in [0.4, 0.5) is 11.4 Å². The van der Waals surface area contributed by atoms with Crippen LogP contribution in [0.5, 0.6) is 5.75 Å². The van der Waals surface area contributed by atoms with Gasteiger partial charge in [0.15, 0.2) is 11.5 Å². The van der Waals surface area contributed by atoms with Crippen LogP contribution in [0.3, 0.4) is 0 Å². The van der Waals surface area contributed by atoms with Crippen molar-refractivity contribution in [3.8, 4) is 5.75 Å². The van der Waals surface area contributed by atoms with Crippen LogP contribution in [-0.4, -0.2) is 24.2 Å². The van der Waals surface area contributed by atoms with Crippen LogP contribution in [-0.2, 0) is 10.1 Å². The molecule has 1 aromatic heterocycles. The Kier molecular flexibility index (Phi) is 5.33. The second-order valence-electron chi connectivity index (χ2n) is 6.69. The number of benzene rings is 3. The van der Waals surface area contributed by atoms with Crippen LogP contribution < -0.4 is 9.50 Å². The molecule has 0 spiro atoms. The maximum Gasteiger partial charge on any atom is 0.339 e. The molecule has 0 radical (unpaired) electrons. The average Bonchev–Trinajstić information content (AvgIpc) is 3.13. The molecule has 0 saturated carbocycles. The molecular weight excluding hydrogens is 438 g/mol. The lowest BCUT2D eigenvalue weighted by Crippen LogP contribution is -2.12. The summed E-state index contributed by atoms with van der Waals surface area (Å²) in [6.45, 7) is 1.72. The molecule has 0 aliphatic heterocycles. The molecule has 1 heterocycles. The molecular formula is C21H15N3O7S. The molecule has 4 aromatic rings. The number of carbonyl (C=O) groups excluding carboxylic acids is 1. The zero-order valence-corrected chi connectivity index (χ0v) is 17.3. The first-order chi connectivity index (χ1) is 15.2. The zero-order chi connectivity index (χ0) is 22.9. The van der Waals surface area contributed by atoms with Gasteiger partial charge < -0.3 is 13.9 Å². The van der Waals surface area contributed by atoms with Crippen LogP contribution in [0.1, 0.15) is 16.2 Å². The van der Waals surface area contributed by atoms with Gasteiger partial charge in [-0.15, -0.1) is 0 Å². The Morgan fingerprint density at radius 1 is 1.09 bits per heavy atom. The fourth-order valence-electron chi connectivity index (χ4n) is 2.91. The van der Waals surface area contributed by atoms with Crippen molar-refractivity contribution in [2.75, 3.05) is 5.32 Å². The summed E-state index contributed by atoms with van der Waals surface area (Å²) >= 11 is 0. The van der Waals surface area contributed by atoms with E-state index in [4.69, 9.17) is 8.60 Å². The van der Waals surface area contributed by atoms with E-state index in [1.54, 1.807) is 25.1 Å². The Labute approximate surface area is 181 Å². The summed E-state index contributed by atoms with van der Waals surface area (Å²) < 4.78 is 35.2. The van der Waals surface area contributed by atoms with Crippen LogP contribution >= 0.6 is 0 Å². The minimum Gasteiger partial charge on any atom is -0.441 e. The van der Waals surface area contributed by atoms with Crippen molar-refractivity contribution in [2.24, 2.45) is 0 Å². The number of oxazole rings is 1. The number of amides is 1. The summed E-state index contributed by atoms with van der Waals surface area (Å²) in [5.41, 5.74) is 1.62. The van der Waals surface area contributed by atoms with Crippen molar-refractivity contribution in [3.05, 3.63) is 88.3 Å². The van der Waals surface area contributed by atoms with Gasteiger partial charge in [0, 0.05) is 30.3 Å². The number of hydrogen-bond acceptors (Lipinski definition) is 8. The number of carbonyl (C=O) groups is 1. The fraction of sp³-hybridized carbons (Fsp3) is 0.0476. The lowest BCUT2D eigenvalue weighted by atomic mass is 10.2. The molecule has 10 nitrogen and oxygen atoms in total. The normalized spacial score (nSPS) is 11.3. The molecule has 162 valence electrons. The van der Waals surface area contributed by atoms with Crippen molar-refractivity contribution < 1.29 is 26.7 Å². The number of hydrogen-bond donors (Lipinski definition) is 1. The van der Waals surface area contributed by atoms with Gasteiger partial charge in [0.1, 0.15) is 16.2 Å². The Morgan fingerprint density at radius 2 is 1.84 bits per heavy atom. The summed E-state index contributed by atoms with van der Waals surface area (Å²) in [6.07, 6.45) is 0. The maximum absolute atomic E-state index is 12.5. The zero-order valence-electron chi connectivity index (χ0n) is 16.5. The van der Waals surface area contributed by atoms with Crippen molar-refractivity contribution in [1.82, 2.24) is 4.98 Å². The number of nitro benzene ring substituents is 1. The van der Waals surface area contributed by atoms with Crippen LogP contribution in [0.15, 0.2) is 76.0 Å². The standard InChI is InChI=1S/C21H15N3O7S/c1-13-22-19-11-15(7-10-20(19)30-13)23-21(25)14-5-8-17(9-6-14)31-32(28,29)18-4-2-3-16(12-18)24(26)27/h2-12H,1H3,(H,23,25). The molecule has 0 bridgehead atoms. The van der Waals surface area contributed by atoms with Gasteiger partial charge in [-0.05, 0) is 48.5 Å². The van der Waals surface area contributed by atoms with Gasteiger partial charge in [0.25, 0.3) is 11.6 Å². The quantitative estimate of drug-likeness (QED) is 0.262. The average molecular weight is 453 g/mol. The Balaban J connectivity index is 1.47. The number of nitrogens with zero attached hydrogens (tertiary/aromatic N) is 2. The van der Waals surface area contributed by atoms with Gasteiger partial charge >= 0.3 is 10.1 Å². The number of nitrogens with one attached hydrogen (secondary N) is 1. The summed E-state index contributed by atoms with van der Waals surface area (Å²) in [7, 11) is -4.29. The van der Waals surface area contributed by atoms with Gasteiger partial charge in [0.2, 0.25) is 0 Å². The highest BCUT2D eigenvalue weighted by atomic mass is 32.2. The second kappa shape index (κ2) is 8.12. The smallest absolute Gasteiger partial charge is 0.339 e. The highest BCUT2D eigenvalue weighted by Gasteiger charge is 2.20. The van der Waals surface area contributed by atoms with E-state index in [9.17, 15) is 23.3 Å². The fourth-order valence-corrected chi connectivity index (χ4v) is 3.88. The van der Waals surface area contributed by atoms with E-state index < -0.39 is 20.9 Å². The molecule has 0 fully saturated rings. The summed E-state index contributed by atoms with van der Waals surface area (Å²) in [4.78, 5) is 26.5. The first-order valence-electron chi connectivity index (χ1n) is 9.19. The molecule has 1 N–H and O–H groups in total. The first-order valence-corrected chi connectivity index (χ1v) is 10.6. The maximum atomic E-state index is 12.5. The largest absolute Gasteiger partial charge is 0.441 e. The summed E-state index contributed by atoms with van der Waals surface area (Å²) in [5, 5.41) is 13.6. The number of non-ortho nitro benzene ring substituents is 1. The SMILES string of the molecule is Cc1nc2cc(NC(=O)c3ccc(OS(=O)(=O)c4cccc([N+](=O)[O-])c4)cc3)ccc2o1. The molecule has 4 rings (SSSR count). The van der Waals surface area contributed by atoms with Crippen molar-refractivity contribution in [3.63, 3.8) is 0 Å². The van der Waals surface area contributed by atoms with E-state index in [0.29, 0.717) is 22.7 Å². The Hall–Kier alpha value is -4.25. The molecule has 11 heteroatoms. The van der Waals surface area contributed by atoms with Gasteiger partial charge in [-0.3, -0.25) is 14.9 Å². The predicted molar refractivity (Wildman–Crippen MR) is 114 cm³/mol. The third-order valence-electron chi connectivity index (χ3n) is 4.39. The minimum absolute atomic E-state index is 0.0486. The summed E-state index contributed by atoms with van der Waals surface area (Å²) in [5.74, 6) is 0.0457. The van der Waals surface area contributed by atoms with Crippen molar-refractivity contribution in [2.45, 2.75) is 11.8 Å². The topological polar surface area (TPSA) is 142 Å². The van der Waals surface area contributed by atoms with Gasteiger partial charge in [-0.2, -0.15) is 8.42 Å². The molecule has 0 aliphatic carbocycles. The van der Waals surface area contributed by atoms with Crippen LogP contribution in [0.25, 0.3) is 11.1 Å². The van der Waals surface area contributed by atoms with Crippen molar-refractivity contribution in [1.29, 1.82) is 0 Å². The number of rotatable bonds is 6. The van der Waals surface area contributed by atoms with Gasteiger partial charge in [-0.1, -0.05) is 6.07 Å². The molecule has 0 unspecified atom stereocenters. The molecule has 0 atom stereocenters. The molecule has 0 saturated heterocycles. The van der Waals surface area contributed by atoms with Crippen LogP contribution in [0.2, 0.25) is 0 Å². The molecule has 0 aliphatic rings. The Morgan fingerprint density at radius 3 is 2.56 bits per heavy atom.